The predicted molar refractivity (Wildman–Crippen MR) is 115 cm³/mol. The number of amides is 1. The van der Waals surface area contributed by atoms with Crippen LogP contribution < -0.4 is 5.32 Å². The van der Waals surface area contributed by atoms with Crippen LogP contribution in [0.2, 0.25) is 0 Å². The van der Waals surface area contributed by atoms with Crippen LogP contribution in [-0.4, -0.2) is 26.5 Å². The minimum absolute atomic E-state index is 0.0620. The number of aryl methyl sites for hydroxylation is 2. The van der Waals surface area contributed by atoms with E-state index >= 15 is 0 Å². The molecule has 1 aromatic carbocycles. The van der Waals surface area contributed by atoms with Gasteiger partial charge in [0.05, 0.1) is 6.20 Å². The number of carbonyl (C=O) groups is 1. The number of fused-ring (bicyclic) bond motifs is 1. The number of hydrogen-bond acceptors (Lipinski definition) is 3. The molecule has 0 radical (unpaired) electrons. The van der Waals surface area contributed by atoms with Gasteiger partial charge in [0.2, 0.25) is 0 Å². The van der Waals surface area contributed by atoms with Crippen molar-refractivity contribution in [3.63, 3.8) is 0 Å². The highest BCUT2D eigenvalue weighted by Gasteiger charge is 2.29. The van der Waals surface area contributed by atoms with Crippen molar-refractivity contribution >= 4 is 11.6 Å². The van der Waals surface area contributed by atoms with Crippen LogP contribution >= 0.6 is 0 Å². The predicted octanol–water partition coefficient (Wildman–Crippen LogP) is 4.49. The number of hydrogen-bond donors (Lipinski definition) is 1. The molecule has 0 bridgehead atoms. The van der Waals surface area contributed by atoms with Gasteiger partial charge < -0.3 is 5.32 Å². The summed E-state index contributed by atoms with van der Waals surface area (Å²) in [6, 6.07) is 10.6. The topological polar surface area (TPSA) is 59.3 Å². The van der Waals surface area contributed by atoms with Gasteiger partial charge in [-0.05, 0) is 43.2 Å². The van der Waals surface area contributed by atoms with Gasteiger partial charge in [0.25, 0.3) is 5.91 Å². The highest BCUT2D eigenvalue weighted by atomic mass is 16.1. The molecule has 1 amide bonds. The van der Waals surface area contributed by atoms with E-state index in [9.17, 15) is 4.79 Å². The standard InChI is InChI=1S/C24H30N4O/c1-15-9-8-12-22(16(15)2)27-24(29)21-14-25-28-18(4)20(17(3)26-23(21)28)13-19-10-6-5-7-11-19/h5-7,10-11,14-16,22H,8-9,12-13H2,1-4H3,(H,27,29)/t15-,16-,22-/m1/s1. The summed E-state index contributed by atoms with van der Waals surface area (Å²) in [6.07, 6.45) is 5.93. The lowest BCUT2D eigenvalue weighted by molar-refractivity contribution is 0.0892. The van der Waals surface area contributed by atoms with E-state index in [1.807, 2.05) is 17.5 Å². The third kappa shape index (κ3) is 3.78. The highest BCUT2D eigenvalue weighted by molar-refractivity contribution is 5.99. The van der Waals surface area contributed by atoms with Crippen molar-refractivity contribution in [3.05, 3.63) is 64.6 Å². The first-order chi connectivity index (χ1) is 14.0. The molecule has 152 valence electrons. The Labute approximate surface area is 172 Å². The fourth-order valence-electron chi connectivity index (χ4n) is 4.56. The van der Waals surface area contributed by atoms with E-state index in [0.29, 0.717) is 23.0 Å². The first-order valence-electron chi connectivity index (χ1n) is 10.6. The van der Waals surface area contributed by atoms with Crippen molar-refractivity contribution in [1.82, 2.24) is 19.9 Å². The molecule has 3 atom stereocenters. The first kappa shape index (κ1) is 19.6. The Morgan fingerprint density at radius 1 is 1.17 bits per heavy atom. The molecule has 0 spiro atoms. The molecule has 0 unspecified atom stereocenters. The Kier molecular flexibility index (Phi) is 5.39. The number of rotatable bonds is 4. The average Bonchev–Trinajstić information content (AvgIpc) is 3.13. The Hall–Kier alpha value is -2.69. The molecule has 1 aliphatic rings. The minimum Gasteiger partial charge on any atom is -0.349 e. The Morgan fingerprint density at radius 2 is 1.93 bits per heavy atom. The molecule has 29 heavy (non-hydrogen) atoms. The van der Waals surface area contributed by atoms with Crippen molar-refractivity contribution in [1.29, 1.82) is 0 Å². The second-order valence-electron chi connectivity index (χ2n) is 8.56. The number of benzene rings is 1. The summed E-state index contributed by atoms with van der Waals surface area (Å²) >= 11 is 0. The molecule has 3 aromatic rings. The van der Waals surface area contributed by atoms with E-state index in [1.165, 1.54) is 18.4 Å². The molecule has 1 N–H and O–H groups in total. The summed E-state index contributed by atoms with van der Waals surface area (Å²) in [5.41, 5.74) is 5.60. The van der Waals surface area contributed by atoms with Gasteiger partial charge in [-0.25, -0.2) is 9.50 Å². The van der Waals surface area contributed by atoms with Gasteiger partial charge in [0, 0.05) is 23.9 Å². The van der Waals surface area contributed by atoms with Crippen molar-refractivity contribution in [2.75, 3.05) is 0 Å². The average molecular weight is 391 g/mol. The molecular formula is C24H30N4O. The monoisotopic (exact) mass is 390 g/mol. The third-order valence-corrected chi connectivity index (χ3v) is 6.70. The number of nitrogens with zero attached hydrogens (tertiary/aromatic N) is 3. The van der Waals surface area contributed by atoms with Gasteiger partial charge in [-0.1, -0.05) is 57.0 Å². The zero-order valence-electron chi connectivity index (χ0n) is 17.8. The Morgan fingerprint density at radius 3 is 2.69 bits per heavy atom. The highest BCUT2D eigenvalue weighted by Crippen LogP contribution is 2.30. The largest absolute Gasteiger partial charge is 0.349 e. The maximum atomic E-state index is 13.0. The lowest BCUT2D eigenvalue weighted by Crippen LogP contribution is -2.43. The first-order valence-corrected chi connectivity index (χ1v) is 10.6. The molecule has 5 nitrogen and oxygen atoms in total. The van der Waals surface area contributed by atoms with E-state index in [4.69, 9.17) is 4.98 Å². The smallest absolute Gasteiger partial charge is 0.256 e. The maximum absolute atomic E-state index is 13.0. The van der Waals surface area contributed by atoms with Crippen LogP contribution in [0.4, 0.5) is 0 Å². The van der Waals surface area contributed by atoms with Crippen LogP contribution in [-0.2, 0) is 6.42 Å². The van der Waals surface area contributed by atoms with Gasteiger partial charge in [-0.3, -0.25) is 4.79 Å². The number of carbonyl (C=O) groups excluding carboxylic acids is 1. The zero-order valence-corrected chi connectivity index (χ0v) is 17.8. The third-order valence-electron chi connectivity index (χ3n) is 6.70. The minimum atomic E-state index is -0.0620. The summed E-state index contributed by atoms with van der Waals surface area (Å²) < 4.78 is 1.81. The fraction of sp³-hybridized carbons (Fsp3) is 0.458. The van der Waals surface area contributed by atoms with Gasteiger partial charge in [-0.2, -0.15) is 5.10 Å². The Balaban J connectivity index is 1.63. The van der Waals surface area contributed by atoms with E-state index in [1.54, 1.807) is 6.20 Å². The van der Waals surface area contributed by atoms with E-state index < -0.39 is 0 Å². The quantitative estimate of drug-likeness (QED) is 0.714. The van der Waals surface area contributed by atoms with Crippen LogP contribution in [0.3, 0.4) is 0 Å². The van der Waals surface area contributed by atoms with E-state index in [2.05, 4.69) is 55.5 Å². The van der Waals surface area contributed by atoms with Crippen LogP contribution in [0, 0.1) is 25.7 Å². The van der Waals surface area contributed by atoms with Gasteiger partial charge in [0.1, 0.15) is 5.56 Å². The molecule has 2 heterocycles. The summed E-state index contributed by atoms with van der Waals surface area (Å²) in [4.78, 5) is 17.8. The molecule has 0 aliphatic heterocycles. The SMILES string of the molecule is Cc1nc2c(C(=O)N[C@@H]3CCC[C@@H](C)[C@H]3C)cnn2c(C)c1Cc1ccccc1. The normalized spacial score (nSPS) is 22.0. The van der Waals surface area contributed by atoms with Crippen LogP contribution in [0.1, 0.15) is 66.0 Å². The van der Waals surface area contributed by atoms with Crippen molar-refractivity contribution in [2.45, 2.75) is 59.4 Å². The van der Waals surface area contributed by atoms with E-state index in [-0.39, 0.29) is 11.9 Å². The summed E-state index contributed by atoms with van der Waals surface area (Å²) in [5.74, 6) is 1.07. The Bertz CT molecular complexity index is 1020. The lowest BCUT2D eigenvalue weighted by atomic mass is 9.78. The molecule has 1 aliphatic carbocycles. The zero-order chi connectivity index (χ0) is 20.5. The number of nitrogens with one attached hydrogen (secondary N) is 1. The molecule has 1 saturated carbocycles. The van der Waals surface area contributed by atoms with Gasteiger partial charge >= 0.3 is 0 Å². The molecular weight excluding hydrogens is 360 g/mol. The van der Waals surface area contributed by atoms with Crippen molar-refractivity contribution in [3.8, 4) is 0 Å². The fourth-order valence-corrected chi connectivity index (χ4v) is 4.56. The molecule has 2 aromatic heterocycles. The maximum Gasteiger partial charge on any atom is 0.256 e. The van der Waals surface area contributed by atoms with Gasteiger partial charge in [-0.15, -0.1) is 0 Å². The van der Waals surface area contributed by atoms with E-state index in [0.717, 1.165) is 29.8 Å². The second kappa shape index (κ2) is 7.97. The lowest BCUT2D eigenvalue weighted by Gasteiger charge is -2.34. The van der Waals surface area contributed by atoms with Gasteiger partial charge in [0.15, 0.2) is 5.65 Å². The van der Waals surface area contributed by atoms with Crippen LogP contribution in [0.25, 0.3) is 5.65 Å². The second-order valence-corrected chi connectivity index (χ2v) is 8.56. The van der Waals surface area contributed by atoms with Crippen LogP contribution in [0.5, 0.6) is 0 Å². The molecule has 4 rings (SSSR count). The summed E-state index contributed by atoms with van der Waals surface area (Å²) in [5, 5.41) is 7.76. The van der Waals surface area contributed by atoms with Crippen LogP contribution in [0.15, 0.2) is 36.5 Å². The van der Waals surface area contributed by atoms with Crippen molar-refractivity contribution < 1.29 is 4.79 Å². The molecule has 1 fully saturated rings. The summed E-state index contributed by atoms with van der Waals surface area (Å²) in [7, 11) is 0. The summed E-state index contributed by atoms with van der Waals surface area (Å²) in [6.45, 7) is 8.60. The van der Waals surface area contributed by atoms with Crippen molar-refractivity contribution in [2.24, 2.45) is 11.8 Å². The number of aromatic nitrogens is 3. The molecule has 0 saturated heterocycles. The molecule has 5 heteroatoms.